The molecular weight excluding hydrogens is 437 g/mol. The van der Waals surface area contributed by atoms with Crippen molar-refractivity contribution in [3.05, 3.63) is 0 Å². The fourth-order valence-electron chi connectivity index (χ4n) is 2.08. The highest BCUT2D eigenvalue weighted by Crippen LogP contribution is 2.46. The van der Waals surface area contributed by atoms with Crippen molar-refractivity contribution in [1.29, 1.82) is 0 Å². The molecule has 0 amide bonds. The lowest BCUT2D eigenvalue weighted by atomic mass is 9.99. The lowest BCUT2D eigenvalue weighted by Crippen LogP contribution is -2.34. The zero-order valence-electron chi connectivity index (χ0n) is 21.3. The maximum Gasteiger partial charge on any atom is 0.259 e. The fraction of sp³-hybridized carbons (Fsp3) is 0.909. The van der Waals surface area contributed by atoms with E-state index >= 15 is 0 Å². The van der Waals surface area contributed by atoms with Crippen molar-refractivity contribution >= 4 is 42.3 Å². The third-order valence-corrected chi connectivity index (χ3v) is 8.11. The minimum Gasteiger partial charge on any atom is -0.321 e. The normalized spacial score (nSPS) is 12.5. The van der Waals surface area contributed by atoms with E-state index in [-0.39, 0.29) is 33.1 Å². The van der Waals surface area contributed by atoms with E-state index in [1.807, 2.05) is 55.4 Å². The monoisotopic (exact) mass is 483 g/mol. The first-order valence-corrected chi connectivity index (χ1v) is 14.0. The molecule has 180 valence electrons. The zero-order valence-corrected chi connectivity index (χ0v) is 23.9. The van der Waals surface area contributed by atoms with Gasteiger partial charge in [0.15, 0.2) is 10.2 Å². The molecule has 8 heteroatoms. The molecule has 0 saturated carbocycles. The van der Waals surface area contributed by atoms with Crippen LogP contribution in [-0.2, 0) is 18.6 Å². The van der Waals surface area contributed by atoms with Gasteiger partial charge in [0.25, 0.3) is 8.53 Å². The number of thioether (sulfide) groups is 2. The minimum absolute atomic E-state index is 0.169. The zero-order chi connectivity index (χ0) is 24.1. The highest BCUT2D eigenvalue weighted by molar-refractivity contribution is 8.14. The van der Waals surface area contributed by atoms with Crippen LogP contribution in [-0.4, -0.2) is 51.7 Å². The van der Waals surface area contributed by atoms with Gasteiger partial charge in [0.2, 0.25) is 0 Å². The summed E-state index contributed by atoms with van der Waals surface area (Å²) in [5.41, 5.74) is -0.685. The fourth-order valence-corrected chi connectivity index (χ4v) is 5.48. The standard InChI is InChI=1S/C20H40NO4PS2.C2H6/c1-15(2)21(16(3)4)26(24-11-13-27-17(22)19(5,6)7)25-12-14-28-18(23)20(8,9)10;1-2/h15-16H,11-14H2,1-10H3;1-2H3. The maximum atomic E-state index is 12.1. The van der Waals surface area contributed by atoms with Crippen LogP contribution < -0.4 is 0 Å². The first-order chi connectivity index (χ1) is 13.7. The molecular formula is C22H46NO4PS2. The quantitative estimate of drug-likeness (QED) is 0.231. The Hall–Kier alpha value is 0.350. The number of carbonyl (C=O) groups is 2. The van der Waals surface area contributed by atoms with E-state index in [2.05, 4.69) is 32.4 Å². The Morgan fingerprint density at radius 3 is 1.30 bits per heavy atom. The molecule has 0 aliphatic rings. The molecule has 0 heterocycles. The molecule has 0 fully saturated rings. The van der Waals surface area contributed by atoms with E-state index in [1.165, 1.54) is 23.5 Å². The molecule has 5 nitrogen and oxygen atoms in total. The predicted molar refractivity (Wildman–Crippen MR) is 136 cm³/mol. The van der Waals surface area contributed by atoms with Crippen molar-refractivity contribution in [2.75, 3.05) is 24.7 Å². The molecule has 0 aromatic rings. The summed E-state index contributed by atoms with van der Waals surface area (Å²) in [5, 5.41) is 0.339. The summed E-state index contributed by atoms with van der Waals surface area (Å²) in [6, 6.07) is 0.553. The third kappa shape index (κ3) is 14.4. The summed E-state index contributed by atoms with van der Waals surface area (Å²) in [5.74, 6) is 1.22. The van der Waals surface area contributed by atoms with Gasteiger partial charge in [-0.25, -0.2) is 4.67 Å². The number of carbonyl (C=O) groups excluding carboxylic acids is 2. The van der Waals surface area contributed by atoms with Gasteiger partial charge in [-0.3, -0.25) is 9.59 Å². The van der Waals surface area contributed by atoms with Crippen molar-refractivity contribution in [2.24, 2.45) is 10.8 Å². The summed E-state index contributed by atoms with van der Waals surface area (Å²) in [7, 11) is -1.24. The summed E-state index contributed by atoms with van der Waals surface area (Å²) in [6.45, 7) is 25.0. The molecule has 0 spiro atoms. The van der Waals surface area contributed by atoms with Crippen LogP contribution in [0.4, 0.5) is 0 Å². The number of rotatable bonds is 11. The highest BCUT2D eigenvalue weighted by atomic mass is 32.2. The van der Waals surface area contributed by atoms with E-state index in [0.717, 1.165) is 0 Å². The van der Waals surface area contributed by atoms with Crippen molar-refractivity contribution in [1.82, 2.24) is 4.67 Å². The second-order valence-electron chi connectivity index (χ2n) is 9.24. The van der Waals surface area contributed by atoms with Gasteiger partial charge < -0.3 is 9.05 Å². The molecule has 30 heavy (non-hydrogen) atoms. The van der Waals surface area contributed by atoms with Crippen LogP contribution >= 0.6 is 32.0 Å². The van der Waals surface area contributed by atoms with Gasteiger partial charge in [-0.05, 0) is 27.7 Å². The van der Waals surface area contributed by atoms with Crippen LogP contribution in [0.1, 0.15) is 83.1 Å². The lowest BCUT2D eigenvalue weighted by molar-refractivity contribution is -0.118. The second kappa shape index (κ2) is 16.0. The van der Waals surface area contributed by atoms with Gasteiger partial charge in [-0.1, -0.05) is 78.9 Å². The van der Waals surface area contributed by atoms with E-state index in [9.17, 15) is 9.59 Å². The minimum atomic E-state index is -1.24. The van der Waals surface area contributed by atoms with Crippen LogP contribution in [0.15, 0.2) is 0 Å². The first kappa shape index (κ1) is 32.5. The van der Waals surface area contributed by atoms with Gasteiger partial charge in [-0.15, -0.1) is 0 Å². The average molecular weight is 484 g/mol. The first-order valence-electron chi connectivity index (χ1n) is 10.9. The number of hydrogen-bond acceptors (Lipinski definition) is 7. The number of nitrogens with zero attached hydrogens (tertiary/aromatic N) is 1. The van der Waals surface area contributed by atoms with Gasteiger partial charge in [0, 0.05) is 34.4 Å². The molecule has 0 aliphatic heterocycles. The topological polar surface area (TPSA) is 55.8 Å². The lowest BCUT2D eigenvalue weighted by Gasteiger charge is -2.35. The molecule has 0 atom stereocenters. The Kier molecular flexibility index (Phi) is 17.4. The summed E-state index contributed by atoms with van der Waals surface area (Å²) in [6.07, 6.45) is 0. The summed E-state index contributed by atoms with van der Waals surface area (Å²) < 4.78 is 14.4. The summed E-state index contributed by atoms with van der Waals surface area (Å²) >= 11 is 2.62. The summed E-state index contributed by atoms with van der Waals surface area (Å²) in [4.78, 5) is 24.1. The van der Waals surface area contributed by atoms with Crippen LogP contribution in [0.25, 0.3) is 0 Å². The Bertz CT molecular complexity index is 447. The van der Waals surface area contributed by atoms with E-state index in [1.54, 1.807) is 0 Å². The number of hydrogen-bond donors (Lipinski definition) is 0. The van der Waals surface area contributed by atoms with E-state index in [4.69, 9.17) is 9.05 Å². The third-order valence-electron chi connectivity index (χ3n) is 3.51. The van der Waals surface area contributed by atoms with Gasteiger partial charge in [0.1, 0.15) is 0 Å². The molecule has 0 aromatic carbocycles. The smallest absolute Gasteiger partial charge is 0.259 e. The van der Waals surface area contributed by atoms with Crippen LogP contribution in [0.3, 0.4) is 0 Å². The predicted octanol–water partition coefficient (Wildman–Crippen LogP) is 7.00. The van der Waals surface area contributed by atoms with Crippen molar-refractivity contribution in [3.63, 3.8) is 0 Å². The van der Waals surface area contributed by atoms with Gasteiger partial charge >= 0.3 is 0 Å². The molecule has 0 aromatic heterocycles. The van der Waals surface area contributed by atoms with Crippen molar-refractivity contribution in [3.8, 4) is 0 Å². The molecule has 0 rings (SSSR count). The molecule has 0 radical (unpaired) electrons. The molecule has 0 bridgehead atoms. The Morgan fingerprint density at radius 2 is 1.07 bits per heavy atom. The maximum absolute atomic E-state index is 12.1. The molecule has 0 N–H and O–H groups in total. The molecule has 0 saturated heterocycles. The van der Waals surface area contributed by atoms with E-state index < -0.39 is 8.53 Å². The SMILES string of the molecule is CC.CC(C)N(C(C)C)P(OCCSC(=O)C(C)(C)C)OCCSC(=O)C(C)(C)C. The second-order valence-corrected chi connectivity index (χ2v) is 12.8. The van der Waals surface area contributed by atoms with Crippen LogP contribution in [0, 0.1) is 10.8 Å². The van der Waals surface area contributed by atoms with Crippen molar-refractivity contribution in [2.45, 2.75) is 95.2 Å². The van der Waals surface area contributed by atoms with Crippen LogP contribution in [0.2, 0.25) is 0 Å². The van der Waals surface area contributed by atoms with Crippen molar-refractivity contribution < 1.29 is 18.6 Å². The highest BCUT2D eigenvalue weighted by Gasteiger charge is 2.28. The van der Waals surface area contributed by atoms with Gasteiger partial charge in [-0.2, -0.15) is 0 Å². The van der Waals surface area contributed by atoms with Gasteiger partial charge in [0.05, 0.1) is 13.2 Å². The van der Waals surface area contributed by atoms with Crippen LogP contribution in [0.5, 0.6) is 0 Å². The largest absolute Gasteiger partial charge is 0.321 e. The van der Waals surface area contributed by atoms with E-state index in [0.29, 0.717) is 24.7 Å². The Labute approximate surface area is 196 Å². The molecule has 0 aliphatic carbocycles. The Balaban J connectivity index is 0. The average Bonchev–Trinajstić information content (AvgIpc) is 2.60. The molecule has 0 unspecified atom stereocenters. The Morgan fingerprint density at radius 1 is 0.767 bits per heavy atom.